The Labute approximate surface area is 102 Å². The van der Waals surface area contributed by atoms with Crippen molar-refractivity contribution in [2.45, 2.75) is 69.8 Å². The van der Waals surface area contributed by atoms with Gasteiger partial charge in [-0.1, -0.05) is 19.3 Å². The van der Waals surface area contributed by atoms with E-state index in [2.05, 4.69) is 5.43 Å². The maximum Gasteiger partial charge on any atom is 0.248 e. The fourth-order valence-electron chi connectivity index (χ4n) is 3.57. The van der Waals surface area contributed by atoms with E-state index in [9.17, 15) is 8.78 Å². The maximum absolute atomic E-state index is 13.1. The van der Waals surface area contributed by atoms with Crippen molar-refractivity contribution >= 4 is 0 Å². The van der Waals surface area contributed by atoms with Crippen LogP contribution in [0.15, 0.2) is 0 Å². The summed E-state index contributed by atoms with van der Waals surface area (Å²) >= 11 is 0. The number of alkyl halides is 2. The summed E-state index contributed by atoms with van der Waals surface area (Å²) in [6.45, 7) is 0. The predicted molar refractivity (Wildman–Crippen MR) is 64.6 cm³/mol. The molecule has 2 fully saturated rings. The number of hydrogen-bond acceptors (Lipinski definition) is 2. The SMILES string of the molecule is NNC(C1CCCCC1)C1CCC(F)(F)CC1. The molecular formula is C13H24F2N2. The van der Waals surface area contributed by atoms with E-state index in [1.165, 1.54) is 32.1 Å². The van der Waals surface area contributed by atoms with Gasteiger partial charge in [0.25, 0.3) is 0 Å². The van der Waals surface area contributed by atoms with Gasteiger partial charge >= 0.3 is 0 Å². The highest BCUT2D eigenvalue weighted by Gasteiger charge is 2.39. The molecule has 4 heteroatoms. The molecule has 100 valence electrons. The maximum atomic E-state index is 13.1. The van der Waals surface area contributed by atoms with Crippen molar-refractivity contribution in [2.75, 3.05) is 0 Å². The summed E-state index contributed by atoms with van der Waals surface area (Å²) in [6.07, 6.45) is 7.61. The fourth-order valence-corrected chi connectivity index (χ4v) is 3.57. The summed E-state index contributed by atoms with van der Waals surface area (Å²) in [4.78, 5) is 0. The Morgan fingerprint density at radius 2 is 1.47 bits per heavy atom. The van der Waals surface area contributed by atoms with E-state index in [1.807, 2.05) is 0 Å². The van der Waals surface area contributed by atoms with Crippen molar-refractivity contribution in [3.05, 3.63) is 0 Å². The number of hydrazine groups is 1. The Bertz CT molecular complexity index is 230. The summed E-state index contributed by atoms with van der Waals surface area (Å²) in [5.74, 6) is 4.19. The lowest BCUT2D eigenvalue weighted by Crippen LogP contribution is -2.48. The van der Waals surface area contributed by atoms with Crippen LogP contribution in [0, 0.1) is 11.8 Å². The van der Waals surface area contributed by atoms with Crippen LogP contribution >= 0.6 is 0 Å². The van der Waals surface area contributed by atoms with Crippen LogP contribution in [0.4, 0.5) is 8.78 Å². The lowest BCUT2D eigenvalue weighted by molar-refractivity contribution is -0.0528. The molecule has 0 aromatic heterocycles. The lowest BCUT2D eigenvalue weighted by atomic mass is 9.73. The normalized spacial score (nSPS) is 29.1. The quantitative estimate of drug-likeness (QED) is 0.592. The van der Waals surface area contributed by atoms with Crippen LogP contribution in [0.3, 0.4) is 0 Å². The number of rotatable bonds is 3. The van der Waals surface area contributed by atoms with Crippen LogP contribution in [0.25, 0.3) is 0 Å². The molecule has 2 saturated carbocycles. The molecule has 0 heterocycles. The van der Waals surface area contributed by atoms with E-state index in [-0.39, 0.29) is 18.9 Å². The first kappa shape index (κ1) is 13.2. The third kappa shape index (κ3) is 3.38. The molecule has 1 atom stereocenters. The monoisotopic (exact) mass is 246 g/mol. The van der Waals surface area contributed by atoms with Crippen LogP contribution in [-0.2, 0) is 0 Å². The Morgan fingerprint density at radius 1 is 0.941 bits per heavy atom. The second-order valence-corrected chi connectivity index (χ2v) is 5.78. The van der Waals surface area contributed by atoms with Gasteiger partial charge < -0.3 is 0 Å². The molecule has 2 rings (SSSR count). The van der Waals surface area contributed by atoms with Gasteiger partial charge in [-0.15, -0.1) is 0 Å². The molecule has 2 aliphatic carbocycles. The van der Waals surface area contributed by atoms with Crippen LogP contribution in [0.1, 0.15) is 57.8 Å². The molecule has 0 radical (unpaired) electrons. The third-order valence-electron chi connectivity index (χ3n) is 4.62. The second-order valence-electron chi connectivity index (χ2n) is 5.78. The van der Waals surface area contributed by atoms with Crippen LogP contribution in [0.2, 0.25) is 0 Å². The van der Waals surface area contributed by atoms with Gasteiger partial charge in [-0.05, 0) is 37.5 Å². The van der Waals surface area contributed by atoms with Crippen LogP contribution in [0.5, 0.6) is 0 Å². The number of halogens is 2. The van der Waals surface area contributed by atoms with Crippen molar-refractivity contribution in [3.8, 4) is 0 Å². The molecular weight excluding hydrogens is 222 g/mol. The van der Waals surface area contributed by atoms with Crippen molar-refractivity contribution in [3.63, 3.8) is 0 Å². The first-order valence-electron chi connectivity index (χ1n) is 6.96. The Kier molecular flexibility index (Phi) is 4.36. The van der Waals surface area contributed by atoms with Crippen molar-refractivity contribution < 1.29 is 8.78 Å². The van der Waals surface area contributed by atoms with Gasteiger partial charge in [0, 0.05) is 18.9 Å². The summed E-state index contributed by atoms with van der Waals surface area (Å²) in [6, 6.07) is 0.256. The molecule has 2 nitrogen and oxygen atoms in total. The van der Waals surface area contributed by atoms with Crippen LogP contribution < -0.4 is 11.3 Å². The van der Waals surface area contributed by atoms with Gasteiger partial charge in [0.15, 0.2) is 0 Å². The molecule has 1 unspecified atom stereocenters. The van der Waals surface area contributed by atoms with Crippen molar-refractivity contribution in [2.24, 2.45) is 17.7 Å². The summed E-state index contributed by atoms with van der Waals surface area (Å²) < 4.78 is 26.3. The summed E-state index contributed by atoms with van der Waals surface area (Å²) in [5.41, 5.74) is 2.92. The molecule has 0 aromatic carbocycles. The summed E-state index contributed by atoms with van der Waals surface area (Å²) in [7, 11) is 0. The van der Waals surface area contributed by atoms with Gasteiger partial charge in [-0.2, -0.15) is 0 Å². The molecule has 17 heavy (non-hydrogen) atoms. The second kappa shape index (κ2) is 5.61. The topological polar surface area (TPSA) is 38.0 Å². The molecule has 0 amide bonds. The predicted octanol–water partition coefficient (Wildman–Crippen LogP) is 3.22. The molecule has 0 bridgehead atoms. The van der Waals surface area contributed by atoms with Gasteiger partial charge in [-0.3, -0.25) is 11.3 Å². The highest BCUT2D eigenvalue weighted by molar-refractivity contribution is 4.88. The standard InChI is InChI=1S/C13H24F2N2/c14-13(15)8-6-11(7-9-13)12(17-16)10-4-2-1-3-5-10/h10-12,17H,1-9,16H2. The molecule has 2 aliphatic rings. The first-order valence-corrected chi connectivity index (χ1v) is 6.96. The molecule has 0 saturated heterocycles. The van der Waals surface area contributed by atoms with Gasteiger partial charge in [0.2, 0.25) is 5.92 Å². The molecule has 0 aliphatic heterocycles. The number of hydrogen-bond donors (Lipinski definition) is 2. The smallest absolute Gasteiger partial charge is 0.248 e. The van der Waals surface area contributed by atoms with E-state index < -0.39 is 5.92 Å². The molecule has 0 aromatic rings. The minimum absolute atomic E-state index is 0.0442. The van der Waals surface area contributed by atoms with Crippen molar-refractivity contribution in [1.82, 2.24) is 5.43 Å². The average Bonchev–Trinajstić information content (AvgIpc) is 2.33. The van der Waals surface area contributed by atoms with Gasteiger partial charge in [-0.25, -0.2) is 8.78 Å². The number of nitrogens with one attached hydrogen (secondary N) is 1. The van der Waals surface area contributed by atoms with Crippen LogP contribution in [-0.4, -0.2) is 12.0 Å². The van der Waals surface area contributed by atoms with E-state index >= 15 is 0 Å². The number of nitrogens with two attached hydrogens (primary N) is 1. The van der Waals surface area contributed by atoms with E-state index in [0.717, 1.165) is 0 Å². The molecule has 3 N–H and O–H groups in total. The highest BCUT2D eigenvalue weighted by atomic mass is 19.3. The van der Waals surface area contributed by atoms with E-state index in [4.69, 9.17) is 5.84 Å². The first-order chi connectivity index (χ1) is 8.12. The minimum atomic E-state index is -2.43. The van der Waals surface area contributed by atoms with Crippen molar-refractivity contribution in [1.29, 1.82) is 0 Å². The van der Waals surface area contributed by atoms with Gasteiger partial charge in [0.05, 0.1) is 0 Å². The zero-order chi connectivity index (χ0) is 12.3. The lowest BCUT2D eigenvalue weighted by Gasteiger charge is -2.39. The van der Waals surface area contributed by atoms with E-state index in [0.29, 0.717) is 24.7 Å². The Morgan fingerprint density at radius 3 is 2.00 bits per heavy atom. The fraction of sp³-hybridized carbons (Fsp3) is 1.00. The largest absolute Gasteiger partial charge is 0.271 e. The molecule has 0 spiro atoms. The summed E-state index contributed by atoms with van der Waals surface area (Å²) in [5, 5.41) is 0. The van der Waals surface area contributed by atoms with Gasteiger partial charge in [0.1, 0.15) is 0 Å². The highest BCUT2D eigenvalue weighted by Crippen LogP contribution is 2.40. The minimum Gasteiger partial charge on any atom is -0.271 e. The Hall–Kier alpha value is -0.220. The third-order valence-corrected chi connectivity index (χ3v) is 4.62. The van der Waals surface area contributed by atoms with E-state index in [1.54, 1.807) is 0 Å². The zero-order valence-electron chi connectivity index (χ0n) is 10.4. The Balaban J connectivity index is 1.89. The zero-order valence-corrected chi connectivity index (χ0v) is 10.4. The average molecular weight is 246 g/mol.